The molecule has 2 heterocycles. The fraction of sp³-hybridized carbons (Fsp3) is 0.538. The molecule has 0 spiro atoms. The summed E-state index contributed by atoms with van der Waals surface area (Å²) in [4.78, 5) is 17.8. The molecule has 3 heteroatoms. The molecule has 3 nitrogen and oxygen atoms in total. The lowest BCUT2D eigenvalue weighted by Crippen LogP contribution is -2.31. The number of hydrogen-bond donors (Lipinski definition) is 0. The van der Waals surface area contributed by atoms with Gasteiger partial charge in [0.25, 0.3) is 0 Å². The number of fused-ring (bicyclic) bond motifs is 2. The van der Waals surface area contributed by atoms with Crippen LogP contribution in [0.2, 0.25) is 0 Å². The highest BCUT2D eigenvalue weighted by atomic mass is 16.1. The van der Waals surface area contributed by atoms with E-state index < -0.39 is 0 Å². The minimum atomic E-state index is 0.0366. The van der Waals surface area contributed by atoms with E-state index in [1.807, 2.05) is 18.3 Å². The second kappa shape index (κ2) is 3.58. The Morgan fingerprint density at radius 2 is 2.31 bits per heavy atom. The van der Waals surface area contributed by atoms with E-state index in [9.17, 15) is 4.79 Å². The number of Topliss-reactive ketones (excluding diaryl/α,β-unsaturated/α-hetero) is 1. The fourth-order valence-corrected chi connectivity index (χ4v) is 3.01. The Bertz CT molecular complexity index is 412. The number of hydrogen-bond acceptors (Lipinski definition) is 3. The van der Waals surface area contributed by atoms with Crippen LogP contribution in [0.1, 0.15) is 36.7 Å². The van der Waals surface area contributed by atoms with Gasteiger partial charge in [0.2, 0.25) is 0 Å². The summed E-state index contributed by atoms with van der Waals surface area (Å²) in [5, 5.41) is 0. The number of carbonyl (C=O) groups is 1. The maximum absolute atomic E-state index is 11.1. The molecule has 0 radical (unpaired) electrons. The molecule has 2 unspecified atom stereocenters. The van der Waals surface area contributed by atoms with Gasteiger partial charge in [0.1, 0.15) is 5.69 Å². The van der Waals surface area contributed by atoms with Crippen LogP contribution < -0.4 is 4.90 Å². The van der Waals surface area contributed by atoms with E-state index in [4.69, 9.17) is 0 Å². The molecule has 1 aliphatic heterocycles. The summed E-state index contributed by atoms with van der Waals surface area (Å²) < 4.78 is 0. The number of aromatic nitrogens is 1. The van der Waals surface area contributed by atoms with Crippen molar-refractivity contribution in [2.45, 2.75) is 32.2 Å². The Labute approximate surface area is 95.5 Å². The Hall–Kier alpha value is -1.38. The quantitative estimate of drug-likeness (QED) is 0.711. The van der Waals surface area contributed by atoms with Gasteiger partial charge in [0.05, 0.1) is 11.9 Å². The van der Waals surface area contributed by atoms with Crippen molar-refractivity contribution in [1.29, 1.82) is 0 Å². The Balaban J connectivity index is 1.82. The number of anilines is 1. The average Bonchev–Trinajstić information content (AvgIpc) is 2.91. The van der Waals surface area contributed by atoms with Gasteiger partial charge in [-0.05, 0) is 37.3 Å². The lowest BCUT2D eigenvalue weighted by Gasteiger charge is -2.28. The Kier molecular flexibility index (Phi) is 2.20. The minimum absolute atomic E-state index is 0.0366. The van der Waals surface area contributed by atoms with E-state index in [0.717, 1.165) is 12.0 Å². The maximum atomic E-state index is 11.1. The number of rotatable bonds is 2. The van der Waals surface area contributed by atoms with Gasteiger partial charge in [-0.15, -0.1) is 0 Å². The van der Waals surface area contributed by atoms with Crippen molar-refractivity contribution in [3.05, 3.63) is 24.0 Å². The number of nitrogens with zero attached hydrogens (tertiary/aromatic N) is 2. The van der Waals surface area contributed by atoms with Crippen LogP contribution in [0.5, 0.6) is 0 Å². The molecule has 1 saturated carbocycles. The van der Waals surface area contributed by atoms with Gasteiger partial charge in [0.15, 0.2) is 5.78 Å². The first-order valence-electron chi connectivity index (χ1n) is 5.97. The highest BCUT2D eigenvalue weighted by molar-refractivity contribution is 5.92. The third-order valence-electron chi connectivity index (χ3n) is 3.85. The zero-order valence-electron chi connectivity index (χ0n) is 9.52. The maximum Gasteiger partial charge on any atom is 0.178 e. The molecule has 2 aliphatic rings. The van der Waals surface area contributed by atoms with Gasteiger partial charge in [-0.1, -0.05) is 0 Å². The van der Waals surface area contributed by atoms with Crippen LogP contribution >= 0.6 is 0 Å². The topological polar surface area (TPSA) is 33.2 Å². The summed E-state index contributed by atoms with van der Waals surface area (Å²) in [6.07, 6.45) is 5.89. The molecule has 16 heavy (non-hydrogen) atoms. The summed E-state index contributed by atoms with van der Waals surface area (Å²) >= 11 is 0. The molecule has 1 saturated heterocycles. The SMILES string of the molecule is CC(=O)c1ccc(N2CC3CCC2C3)cn1. The molecule has 84 valence electrons. The normalized spacial score (nSPS) is 27.4. The molecule has 1 aromatic heterocycles. The van der Waals surface area contributed by atoms with Crippen molar-refractivity contribution in [3.8, 4) is 0 Å². The summed E-state index contributed by atoms with van der Waals surface area (Å²) in [5.74, 6) is 0.923. The highest BCUT2D eigenvalue weighted by Gasteiger charge is 2.37. The molecule has 2 fully saturated rings. The van der Waals surface area contributed by atoms with Gasteiger partial charge in [0, 0.05) is 19.5 Å². The van der Waals surface area contributed by atoms with Crippen molar-refractivity contribution in [3.63, 3.8) is 0 Å². The van der Waals surface area contributed by atoms with Crippen molar-refractivity contribution >= 4 is 11.5 Å². The van der Waals surface area contributed by atoms with Crippen LogP contribution in [0.4, 0.5) is 5.69 Å². The van der Waals surface area contributed by atoms with Crippen molar-refractivity contribution in [1.82, 2.24) is 4.98 Å². The van der Waals surface area contributed by atoms with Gasteiger partial charge in [-0.3, -0.25) is 9.78 Å². The van der Waals surface area contributed by atoms with Crippen LogP contribution in [0, 0.1) is 5.92 Å². The molecular formula is C13H16N2O. The van der Waals surface area contributed by atoms with E-state index in [-0.39, 0.29) is 5.78 Å². The van der Waals surface area contributed by atoms with Gasteiger partial charge in [-0.25, -0.2) is 0 Å². The molecule has 0 amide bonds. The predicted molar refractivity (Wildman–Crippen MR) is 62.7 cm³/mol. The van der Waals surface area contributed by atoms with Crippen molar-refractivity contribution in [2.24, 2.45) is 5.92 Å². The highest BCUT2D eigenvalue weighted by Crippen LogP contribution is 2.39. The molecule has 3 rings (SSSR count). The molecule has 2 bridgehead atoms. The molecule has 0 N–H and O–H groups in total. The number of ketones is 1. The van der Waals surface area contributed by atoms with Gasteiger partial charge in [-0.2, -0.15) is 0 Å². The average molecular weight is 216 g/mol. The molecule has 2 atom stereocenters. The lowest BCUT2D eigenvalue weighted by atomic mass is 10.1. The third-order valence-corrected chi connectivity index (χ3v) is 3.85. The summed E-state index contributed by atoms with van der Waals surface area (Å²) in [5.41, 5.74) is 1.74. The Morgan fingerprint density at radius 1 is 1.44 bits per heavy atom. The standard InChI is InChI=1S/C13H16N2O/c1-9(16)13-5-4-12(7-14-13)15-8-10-2-3-11(15)6-10/h4-5,7,10-11H,2-3,6,8H2,1H3. The van der Waals surface area contributed by atoms with E-state index in [0.29, 0.717) is 5.69 Å². The Morgan fingerprint density at radius 3 is 2.81 bits per heavy atom. The largest absolute Gasteiger partial charge is 0.367 e. The fourth-order valence-electron chi connectivity index (χ4n) is 3.01. The number of pyridine rings is 1. The molecule has 0 aromatic carbocycles. The first-order valence-corrected chi connectivity index (χ1v) is 5.97. The monoisotopic (exact) mass is 216 g/mol. The van der Waals surface area contributed by atoms with E-state index in [1.54, 1.807) is 6.92 Å². The first kappa shape index (κ1) is 9.82. The number of carbonyl (C=O) groups excluding carboxylic acids is 1. The van der Waals surface area contributed by atoms with Gasteiger partial charge >= 0.3 is 0 Å². The summed E-state index contributed by atoms with van der Waals surface area (Å²) in [7, 11) is 0. The second-order valence-electron chi connectivity index (χ2n) is 4.94. The first-order chi connectivity index (χ1) is 7.74. The van der Waals surface area contributed by atoms with E-state index in [2.05, 4.69) is 9.88 Å². The minimum Gasteiger partial charge on any atom is -0.367 e. The van der Waals surface area contributed by atoms with Crippen LogP contribution in [0.3, 0.4) is 0 Å². The molecule has 1 aliphatic carbocycles. The lowest BCUT2D eigenvalue weighted by molar-refractivity contribution is 0.101. The third kappa shape index (κ3) is 1.51. The molecule has 1 aromatic rings. The number of piperidine rings is 1. The second-order valence-corrected chi connectivity index (χ2v) is 4.94. The summed E-state index contributed by atoms with van der Waals surface area (Å²) in [6, 6.07) is 4.59. The van der Waals surface area contributed by atoms with Crippen LogP contribution in [0.15, 0.2) is 18.3 Å². The van der Waals surface area contributed by atoms with Crippen LogP contribution in [0.25, 0.3) is 0 Å². The predicted octanol–water partition coefficient (Wildman–Crippen LogP) is 2.27. The molecular weight excluding hydrogens is 200 g/mol. The van der Waals surface area contributed by atoms with Crippen LogP contribution in [-0.2, 0) is 0 Å². The van der Waals surface area contributed by atoms with Crippen molar-refractivity contribution < 1.29 is 4.79 Å². The van der Waals surface area contributed by atoms with Crippen molar-refractivity contribution in [2.75, 3.05) is 11.4 Å². The summed E-state index contributed by atoms with van der Waals surface area (Å²) in [6.45, 7) is 2.73. The zero-order valence-corrected chi connectivity index (χ0v) is 9.52. The van der Waals surface area contributed by atoms with E-state index >= 15 is 0 Å². The van der Waals surface area contributed by atoms with Crippen LogP contribution in [-0.4, -0.2) is 23.4 Å². The zero-order chi connectivity index (χ0) is 11.1. The van der Waals surface area contributed by atoms with E-state index in [1.165, 1.54) is 31.5 Å². The van der Waals surface area contributed by atoms with Gasteiger partial charge < -0.3 is 4.90 Å². The smallest absolute Gasteiger partial charge is 0.178 e.